The number of hydrogen-bond acceptors (Lipinski definition) is 2. The zero-order valence-corrected chi connectivity index (χ0v) is 12.9. The summed E-state index contributed by atoms with van der Waals surface area (Å²) < 4.78 is 5.72. The Bertz CT molecular complexity index is 355. The Balaban J connectivity index is 2.39. The molecule has 0 saturated heterocycles. The first-order valence-corrected chi connectivity index (χ1v) is 7.82. The summed E-state index contributed by atoms with van der Waals surface area (Å²) in [6.07, 6.45) is 7.44. The van der Waals surface area contributed by atoms with E-state index in [1.165, 1.54) is 32.1 Å². The van der Waals surface area contributed by atoms with Crippen LogP contribution in [0.25, 0.3) is 0 Å². The standard InChI is InChI=1S/C16H26ClNO/c1-3-5-6-7-8-11-18-15-13-14(17)9-10-16(15)19-12-4-2/h9-10,13,18H,3-8,11-12H2,1-2H3. The fourth-order valence-electron chi connectivity index (χ4n) is 1.93. The van der Waals surface area contributed by atoms with Gasteiger partial charge >= 0.3 is 0 Å². The molecule has 0 aromatic heterocycles. The largest absolute Gasteiger partial charge is 0.491 e. The highest BCUT2D eigenvalue weighted by Crippen LogP contribution is 2.28. The summed E-state index contributed by atoms with van der Waals surface area (Å²) in [4.78, 5) is 0. The zero-order chi connectivity index (χ0) is 13.9. The van der Waals surface area contributed by atoms with Gasteiger partial charge in [0.15, 0.2) is 0 Å². The van der Waals surface area contributed by atoms with Gasteiger partial charge in [-0.2, -0.15) is 0 Å². The maximum Gasteiger partial charge on any atom is 0.142 e. The lowest BCUT2D eigenvalue weighted by molar-refractivity contribution is 0.319. The van der Waals surface area contributed by atoms with E-state index in [-0.39, 0.29) is 0 Å². The first-order valence-electron chi connectivity index (χ1n) is 7.44. The van der Waals surface area contributed by atoms with Gasteiger partial charge in [-0.3, -0.25) is 0 Å². The molecule has 1 aromatic rings. The second-order valence-electron chi connectivity index (χ2n) is 4.83. The van der Waals surface area contributed by atoms with Crippen LogP contribution in [-0.4, -0.2) is 13.2 Å². The minimum absolute atomic E-state index is 0.743. The quantitative estimate of drug-likeness (QED) is 0.572. The van der Waals surface area contributed by atoms with Crippen LogP contribution in [0, 0.1) is 0 Å². The van der Waals surface area contributed by atoms with Crippen molar-refractivity contribution in [1.82, 2.24) is 0 Å². The van der Waals surface area contributed by atoms with Crippen molar-refractivity contribution in [1.29, 1.82) is 0 Å². The van der Waals surface area contributed by atoms with Crippen molar-refractivity contribution in [3.63, 3.8) is 0 Å². The average Bonchev–Trinajstić information content (AvgIpc) is 2.42. The molecule has 0 amide bonds. The van der Waals surface area contributed by atoms with E-state index in [1.807, 2.05) is 18.2 Å². The first kappa shape index (κ1) is 16.2. The Hall–Kier alpha value is -0.890. The Morgan fingerprint density at radius 3 is 2.58 bits per heavy atom. The fourth-order valence-corrected chi connectivity index (χ4v) is 2.10. The summed E-state index contributed by atoms with van der Waals surface area (Å²) in [6.45, 7) is 6.07. The van der Waals surface area contributed by atoms with Crippen LogP contribution in [0.5, 0.6) is 5.75 Å². The van der Waals surface area contributed by atoms with Crippen LogP contribution in [0.4, 0.5) is 5.69 Å². The molecule has 1 N–H and O–H groups in total. The van der Waals surface area contributed by atoms with Crippen LogP contribution in [0.2, 0.25) is 5.02 Å². The van der Waals surface area contributed by atoms with Crippen LogP contribution in [0.15, 0.2) is 18.2 Å². The maximum absolute atomic E-state index is 6.04. The first-order chi connectivity index (χ1) is 9.27. The number of benzene rings is 1. The summed E-state index contributed by atoms with van der Waals surface area (Å²) in [7, 11) is 0. The van der Waals surface area contributed by atoms with E-state index >= 15 is 0 Å². The zero-order valence-electron chi connectivity index (χ0n) is 12.2. The number of anilines is 1. The molecular weight excluding hydrogens is 258 g/mol. The summed E-state index contributed by atoms with van der Waals surface area (Å²) in [5.74, 6) is 0.903. The highest BCUT2D eigenvalue weighted by atomic mass is 35.5. The van der Waals surface area contributed by atoms with Crippen LogP contribution >= 0.6 is 11.6 Å². The second-order valence-corrected chi connectivity index (χ2v) is 5.27. The minimum Gasteiger partial charge on any atom is -0.491 e. The lowest BCUT2D eigenvalue weighted by Gasteiger charge is -2.13. The molecule has 0 atom stereocenters. The monoisotopic (exact) mass is 283 g/mol. The molecule has 0 spiro atoms. The summed E-state index contributed by atoms with van der Waals surface area (Å²) in [6, 6.07) is 5.76. The van der Waals surface area contributed by atoms with Crippen LogP contribution in [0.3, 0.4) is 0 Å². The topological polar surface area (TPSA) is 21.3 Å². The molecule has 0 saturated carbocycles. The molecule has 3 heteroatoms. The Morgan fingerprint density at radius 2 is 1.84 bits per heavy atom. The van der Waals surface area contributed by atoms with E-state index in [2.05, 4.69) is 19.2 Å². The predicted octanol–water partition coefficient (Wildman–Crippen LogP) is 5.51. The molecule has 0 bridgehead atoms. The van der Waals surface area contributed by atoms with Gasteiger partial charge in [-0.15, -0.1) is 0 Å². The number of hydrogen-bond donors (Lipinski definition) is 1. The van der Waals surface area contributed by atoms with Gasteiger partial charge in [0.05, 0.1) is 12.3 Å². The van der Waals surface area contributed by atoms with Gasteiger partial charge in [0.2, 0.25) is 0 Å². The maximum atomic E-state index is 6.04. The van der Waals surface area contributed by atoms with E-state index in [0.29, 0.717) is 0 Å². The van der Waals surface area contributed by atoms with E-state index in [1.54, 1.807) is 0 Å². The fraction of sp³-hybridized carbons (Fsp3) is 0.625. The molecule has 1 aromatic carbocycles. The predicted molar refractivity (Wildman–Crippen MR) is 84.5 cm³/mol. The highest BCUT2D eigenvalue weighted by Gasteiger charge is 2.04. The third-order valence-corrected chi connectivity index (χ3v) is 3.23. The highest BCUT2D eigenvalue weighted by molar-refractivity contribution is 6.30. The van der Waals surface area contributed by atoms with Crippen LogP contribution in [-0.2, 0) is 0 Å². The van der Waals surface area contributed by atoms with Crippen molar-refractivity contribution in [2.24, 2.45) is 0 Å². The van der Waals surface area contributed by atoms with Gasteiger partial charge in [0.25, 0.3) is 0 Å². The molecular formula is C16H26ClNO. The summed E-state index contributed by atoms with van der Waals surface area (Å²) >= 11 is 6.04. The number of ether oxygens (including phenoxy) is 1. The van der Waals surface area contributed by atoms with Gasteiger partial charge in [0.1, 0.15) is 5.75 Å². The molecule has 108 valence electrons. The van der Waals surface area contributed by atoms with Crippen molar-refractivity contribution < 1.29 is 4.74 Å². The molecule has 0 unspecified atom stereocenters. The lowest BCUT2D eigenvalue weighted by atomic mass is 10.1. The van der Waals surface area contributed by atoms with Crippen molar-refractivity contribution in [2.75, 3.05) is 18.5 Å². The Labute approximate surface area is 122 Å². The minimum atomic E-state index is 0.743. The SMILES string of the molecule is CCCCCCCNc1cc(Cl)ccc1OCCC. The van der Waals surface area contributed by atoms with E-state index in [9.17, 15) is 0 Å². The van der Waals surface area contributed by atoms with E-state index < -0.39 is 0 Å². The van der Waals surface area contributed by atoms with Gasteiger partial charge in [-0.1, -0.05) is 51.1 Å². The van der Waals surface area contributed by atoms with Crippen LogP contribution in [0.1, 0.15) is 52.4 Å². The molecule has 0 aliphatic rings. The molecule has 0 fully saturated rings. The molecule has 0 aliphatic heterocycles. The smallest absolute Gasteiger partial charge is 0.142 e. The second kappa shape index (κ2) is 9.96. The van der Waals surface area contributed by atoms with Crippen molar-refractivity contribution in [3.05, 3.63) is 23.2 Å². The number of halogens is 1. The molecule has 0 radical (unpaired) electrons. The Morgan fingerprint density at radius 1 is 1.05 bits per heavy atom. The number of unbranched alkanes of at least 4 members (excludes halogenated alkanes) is 4. The van der Waals surface area contributed by atoms with Crippen LogP contribution < -0.4 is 10.1 Å². The third kappa shape index (κ3) is 6.72. The summed E-state index contributed by atoms with van der Waals surface area (Å²) in [5, 5.41) is 4.18. The van der Waals surface area contributed by atoms with Gasteiger partial charge in [0, 0.05) is 11.6 Å². The van der Waals surface area contributed by atoms with Gasteiger partial charge < -0.3 is 10.1 Å². The number of rotatable bonds is 10. The molecule has 2 nitrogen and oxygen atoms in total. The number of nitrogens with one attached hydrogen (secondary N) is 1. The molecule has 19 heavy (non-hydrogen) atoms. The van der Waals surface area contributed by atoms with Gasteiger partial charge in [-0.05, 0) is 31.0 Å². The lowest BCUT2D eigenvalue weighted by Crippen LogP contribution is -2.05. The summed E-state index contributed by atoms with van der Waals surface area (Å²) in [5.41, 5.74) is 1.01. The van der Waals surface area contributed by atoms with E-state index in [0.717, 1.165) is 36.0 Å². The van der Waals surface area contributed by atoms with Crippen molar-refractivity contribution >= 4 is 17.3 Å². The Kier molecular flexibility index (Phi) is 8.48. The van der Waals surface area contributed by atoms with Crippen molar-refractivity contribution in [2.45, 2.75) is 52.4 Å². The van der Waals surface area contributed by atoms with E-state index in [4.69, 9.17) is 16.3 Å². The van der Waals surface area contributed by atoms with Gasteiger partial charge in [-0.25, -0.2) is 0 Å². The third-order valence-electron chi connectivity index (χ3n) is 3.00. The molecule has 0 aliphatic carbocycles. The van der Waals surface area contributed by atoms with Crippen molar-refractivity contribution in [3.8, 4) is 5.75 Å². The average molecular weight is 284 g/mol. The molecule has 0 heterocycles. The normalized spacial score (nSPS) is 10.5. The molecule has 1 rings (SSSR count).